The second kappa shape index (κ2) is 5.26. The Morgan fingerprint density at radius 2 is 2.06 bits per heavy atom. The quantitative estimate of drug-likeness (QED) is 0.630. The Balaban J connectivity index is 2.83. The number of carbonyl (C=O) groups is 1. The van der Waals surface area contributed by atoms with Crippen molar-refractivity contribution >= 4 is 25.0 Å². The zero-order valence-corrected chi connectivity index (χ0v) is 11.3. The lowest BCUT2D eigenvalue weighted by atomic mass is 9.91. The molecule has 4 heteroatoms. The molecular weight excluding hydrogens is 213 g/mol. The number of ether oxygens (including phenoxy) is 1. The zero-order valence-electron chi connectivity index (χ0n) is 11.3. The molecule has 0 aliphatic rings. The van der Waals surface area contributed by atoms with E-state index < -0.39 is 0 Å². The van der Waals surface area contributed by atoms with Crippen LogP contribution in [0.2, 0.25) is 0 Å². The van der Waals surface area contributed by atoms with Gasteiger partial charge in [-0.25, -0.2) is 0 Å². The van der Waals surface area contributed by atoms with Crippen LogP contribution in [-0.4, -0.2) is 19.4 Å². The summed E-state index contributed by atoms with van der Waals surface area (Å²) in [4.78, 5) is 10.8. The van der Waals surface area contributed by atoms with Gasteiger partial charge in [-0.1, -0.05) is 17.6 Å². The Labute approximate surface area is 104 Å². The highest BCUT2D eigenvalue weighted by Crippen LogP contribution is 2.14. The summed E-state index contributed by atoms with van der Waals surface area (Å²) in [6, 6.07) is 6.04. The van der Waals surface area contributed by atoms with E-state index in [1.807, 2.05) is 18.2 Å². The second-order valence-electron chi connectivity index (χ2n) is 5.30. The smallest absolute Gasteiger partial charge is 0.302 e. The first-order chi connectivity index (χ1) is 7.78. The van der Waals surface area contributed by atoms with Crippen molar-refractivity contribution < 1.29 is 9.53 Å². The van der Waals surface area contributed by atoms with Gasteiger partial charge in [0.1, 0.15) is 14.5 Å². The lowest BCUT2D eigenvalue weighted by molar-refractivity contribution is -0.142. The maximum atomic E-state index is 10.8. The van der Waals surface area contributed by atoms with E-state index in [1.54, 1.807) is 0 Å². The number of esters is 1. The number of benzene rings is 1. The SMILES string of the molecule is Bc1ccc(COC(C)=O)cc1NC(C)(C)C. The third-order valence-electron chi connectivity index (χ3n) is 2.25. The molecule has 0 radical (unpaired) electrons. The molecule has 0 amide bonds. The third-order valence-corrected chi connectivity index (χ3v) is 2.25. The van der Waals surface area contributed by atoms with Crippen molar-refractivity contribution in [2.75, 3.05) is 5.32 Å². The Morgan fingerprint density at radius 3 is 2.59 bits per heavy atom. The Hall–Kier alpha value is -1.45. The lowest BCUT2D eigenvalue weighted by Crippen LogP contribution is -2.29. The largest absolute Gasteiger partial charge is 0.461 e. The number of hydrogen-bond donors (Lipinski definition) is 1. The molecule has 1 aromatic carbocycles. The van der Waals surface area contributed by atoms with Crippen LogP contribution in [0, 0.1) is 0 Å². The van der Waals surface area contributed by atoms with Gasteiger partial charge in [0.25, 0.3) is 0 Å². The summed E-state index contributed by atoms with van der Waals surface area (Å²) < 4.78 is 4.99. The molecule has 17 heavy (non-hydrogen) atoms. The minimum Gasteiger partial charge on any atom is -0.461 e. The highest BCUT2D eigenvalue weighted by molar-refractivity contribution is 6.35. The van der Waals surface area contributed by atoms with E-state index in [-0.39, 0.29) is 11.5 Å². The zero-order chi connectivity index (χ0) is 13.1. The molecule has 0 atom stereocenters. The minimum atomic E-state index is -0.254. The van der Waals surface area contributed by atoms with Gasteiger partial charge in [0, 0.05) is 18.2 Å². The molecule has 3 nitrogen and oxygen atoms in total. The van der Waals surface area contributed by atoms with Gasteiger partial charge >= 0.3 is 5.97 Å². The topological polar surface area (TPSA) is 38.3 Å². The molecule has 0 saturated heterocycles. The molecule has 0 bridgehead atoms. The molecule has 1 aromatic rings. The predicted octanol–water partition coefficient (Wildman–Crippen LogP) is 1.22. The van der Waals surface area contributed by atoms with Gasteiger partial charge in [-0.2, -0.15) is 0 Å². The lowest BCUT2D eigenvalue weighted by Gasteiger charge is -2.24. The third kappa shape index (κ3) is 4.94. The maximum Gasteiger partial charge on any atom is 0.302 e. The van der Waals surface area contributed by atoms with Gasteiger partial charge in [-0.05, 0) is 32.4 Å². The molecule has 1 N–H and O–H groups in total. The van der Waals surface area contributed by atoms with Crippen LogP contribution in [0.1, 0.15) is 33.3 Å². The summed E-state index contributed by atoms with van der Waals surface area (Å²) in [5.41, 5.74) is 3.29. The van der Waals surface area contributed by atoms with Crippen LogP contribution in [0.3, 0.4) is 0 Å². The van der Waals surface area contributed by atoms with Gasteiger partial charge < -0.3 is 10.1 Å². The highest BCUT2D eigenvalue weighted by atomic mass is 16.5. The van der Waals surface area contributed by atoms with Crippen LogP contribution in [0.25, 0.3) is 0 Å². The van der Waals surface area contributed by atoms with Crippen molar-refractivity contribution in [3.63, 3.8) is 0 Å². The van der Waals surface area contributed by atoms with E-state index in [0.29, 0.717) is 6.61 Å². The summed E-state index contributed by atoms with van der Waals surface area (Å²) in [7, 11) is 2.06. The van der Waals surface area contributed by atoms with Crippen LogP contribution in [0.5, 0.6) is 0 Å². The summed E-state index contributed by atoms with van der Waals surface area (Å²) in [5.74, 6) is -0.254. The van der Waals surface area contributed by atoms with E-state index in [1.165, 1.54) is 12.4 Å². The summed E-state index contributed by atoms with van der Waals surface area (Å²) >= 11 is 0. The number of carbonyl (C=O) groups excluding carboxylic acids is 1. The summed E-state index contributed by atoms with van der Waals surface area (Å²) in [5, 5.41) is 3.44. The Kier molecular flexibility index (Phi) is 4.21. The fraction of sp³-hybridized carbons (Fsp3) is 0.462. The first kappa shape index (κ1) is 13.6. The molecular formula is C13H20BNO2. The molecule has 0 saturated carbocycles. The fourth-order valence-electron chi connectivity index (χ4n) is 1.48. The van der Waals surface area contributed by atoms with Crippen LogP contribution < -0.4 is 10.8 Å². The van der Waals surface area contributed by atoms with Gasteiger partial charge in [-0.15, -0.1) is 0 Å². The van der Waals surface area contributed by atoms with Gasteiger partial charge in [0.05, 0.1) is 0 Å². The van der Waals surface area contributed by atoms with Gasteiger partial charge in [0.15, 0.2) is 0 Å². The number of nitrogens with one attached hydrogen (secondary N) is 1. The van der Waals surface area contributed by atoms with E-state index in [9.17, 15) is 4.79 Å². The van der Waals surface area contributed by atoms with Crippen molar-refractivity contribution in [2.45, 2.75) is 39.8 Å². The molecule has 0 aliphatic heterocycles. The highest BCUT2D eigenvalue weighted by Gasteiger charge is 2.11. The fourth-order valence-corrected chi connectivity index (χ4v) is 1.48. The maximum absolute atomic E-state index is 10.8. The molecule has 0 heterocycles. The first-order valence-corrected chi connectivity index (χ1v) is 5.79. The van der Waals surface area contributed by atoms with Crippen LogP contribution in [0.15, 0.2) is 18.2 Å². The van der Waals surface area contributed by atoms with E-state index in [0.717, 1.165) is 11.3 Å². The Morgan fingerprint density at radius 1 is 1.41 bits per heavy atom. The molecule has 0 fully saturated rings. The number of hydrogen-bond acceptors (Lipinski definition) is 3. The normalized spacial score (nSPS) is 11.1. The molecule has 92 valence electrons. The molecule has 0 unspecified atom stereocenters. The predicted molar refractivity (Wildman–Crippen MR) is 73.5 cm³/mol. The monoisotopic (exact) mass is 233 g/mol. The van der Waals surface area contributed by atoms with Crippen molar-refractivity contribution in [2.24, 2.45) is 0 Å². The number of rotatable bonds is 3. The van der Waals surface area contributed by atoms with Crippen LogP contribution in [-0.2, 0) is 16.1 Å². The van der Waals surface area contributed by atoms with E-state index in [4.69, 9.17) is 4.74 Å². The van der Waals surface area contributed by atoms with Crippen molar-refractivity contribution in [3.8, 4) is 0 Å². The molecule has 1 rings (SSSR count). The second-order valence-corrected chi connectivity index (χ2v) is 5.30. The van der Waals surface area contributed by atoms with Crippen molar-refractivity contribution in [1.82, 2.24) is 0 Å². The standard InChI is InChI=1S/C13H20BNO2/c1-9(16)17-8-10-5-6-11(14)12(7-10)15-13(2,3)4/h5-7,15H,8,14H2,1-4H3. The van der Waals surface area contributed by atoms with E-state index in [2.05, 4.69) is 33.9 Å². The average Bonchev–Trinajstić information content (AvgIpc) is 2.17. The van der Waals surface area contributed by atoms with Crippen molar-refractivity contribution in [3.05, 3.63) is 23.8 Å². The van der Waals surface area contributed by atoms with Crippen molar-refractivity contribution in [1.29, 1.82) is 0 Å². The molecule has 0 aromatic heterocycles. The first-order valence-electron chi connectivity index (χ1n) is 5.79. The Bertz CT molecular complexity index is 410. The van der Waals surface area contributed by atoms with Crippen LogP contribution in [0.4, 0.5) is 5.69 Å². The number of anilines is 1. The van der Waals surface area contributed by atoms with Crippen LogP contribution >= 0.6 is 0 Å². The van der Waals surface area contributed by atoms with Gasteiger partial charge in [-0.3, -0.25) is 4.79 Å². The summed E-state index contributed by atoms with van der Waals surface area (Å²) in [6.07, 6.45) is 0. The van der Waals surface area contributed by atoms with E-state index >= 15 is 0 Å². The molecule has 0 spiro atoms. The average molecular weight is 233 g/mol. The van der Waals surface area contributed by atoms with Gasteiger partial charge in [0.2, 0.25) is 0 Å². The minimum absolute atomic E-state index is 0.0187. The molecule has 0 aliphatic carbocycles. The summed E-state index contributed by atoms with van der Waals surface area (Å²) in [6.45, 7) is 8.10.